The fraction of sp³-hybridized carbons (Fsp3) is 0.951. The largest absolute Gasteiger partial charge is 0.394 e. The van der Waals surface area contributed by atoms with Gasteiger partial charge in [0.15, 0.2) is 0 Å². The molecule has 0 radical (unpaired) electrons. The Morgan fingerprint density at radius 2 is 0.606 bits per heavy atom. The summed E-state index contributed by atoms with van der Waals surface area (Å²) in [5.74, 6) is -0.138. The third-order valence-corrected chi connectivity index (χ3v) is 14.6. The van der Waals surface area contributed by atoms with Gasteiger partial charge in [-0.05, 0) is 38.5 Å². The highest BCUT2D eigenvalue weighted by Crippen LogP contribution is 2.19. The molecule has 3 atom stereocenters. The normalized spacial score (nSPS) is 13.2. The van der Waals surface area contributed by atoms with Crippen LogP contribution >= 0.6 is 0 Å². The first-order valence-electron chi connectivity index (χ1n) is 30.5. The molecular weight excluding hydrogens is 811 g/mol. The maximum atomic E-state index is 12.5. The second kappa shape index (κ2) is 56.7. The van der Waals surface area contributed by atoms with Crippen LogP contribution in [0.4, 0.5) is 0 Å². The summed E-state index contributed by atoms with van der Waals surface area (Å²) in [5, 5.41) is 33.7. The van der Waals surface area contributed by atoms with Crippen molar-refractivity contribution in [2.24, 2.45) is 0 Å². The zero-order valence-electron chi connectivity index (χ0n) is 45.1. The summed E-state index contributed by atoms with van der Waals surface area (Å²) in [7, 11) is 0. The van der Waals surface area contributed by atoms with Gasteiger partial charge in [-0.25, -0.2) is 0 Å². The van der Waals surface area contributed by atoms with Crippen LogP contribution in [0.15, 0.2) is 12.2 Å². The zero-order chi connectivity index (χ0) is 47.9. The van der Waals surface area contributed by atoms with E-state index < -0.39 is 18.2 Å². The van der Waals surface area contributed by atoms with Gasteiger partial charge in [-0.2, -0.15) is 0 Å². The minimum absolute atomic E-state index is 0.138. The topological polar surface area (TPSA) is 89.8 Å². The van der Waals surface area contributed by atoms with E-state index in [1.807, 2.05) is 0 Å². The Morgan fingerprint density at radius 3 is 0.879 bits per heavy atom. The Hall–Kier alpha value is -0.910. The number of amides is 1. The minimum Gasteiger partial charge on any atom is -0.394 e. The Labute approximate surface area is 414 Å². The van der Waals surface area contributed by atoms with Gasteiger partial charge in [0.1, 0.15) is 6.10 Å². The van der Waals surface area contributed by atoms with Gasteiger partial charge in [0.2, 0.25) is 5.91 Å². The van der Waals surface area contributed by atoms with Crippen molar-refractivity contribution in [3.05, 3.63) is 12.2 Å². The quantitative estimate of drug-likeness (QED) is 0.0361. The van der Waals surface area contributed by atoms with Gasteiger partial charge in [-0.15, -0.1) is 0 Å². The number of hydrogen-bond donors (Lipinski definition) is 4. The molecule has 0 aliphatic heterocycles. The number of nitrogens with one attached hydrogen (secondary N) is 1. The molecule has 0 aliphatic carbocycles. The molecule has 0 spiro atoms. The third-order valence-electron chi connectivity index (χ3n) is 14.6. The predicted octanol–water partition coefficient (Wildman–Crippen LogP) is 19.1. The van der Waals surface area contributed by atoms with E-state index in [0.29, 0.717) is 12.8 Å². The molecule has 5 nitrogen and oxygen atoms in total. The highest BCUT2D eigenvalue weighted by Gasteiger charge is 2.26. The van der Waals surface area contributed by atoms with Gasteiger partial charge in [0, 0.05) is 6.42 Å². The van der Waals surface area contributed by atoms with Crippen LogP contribution in [-0.4, -0.2) is 46.1 Å². The lowest BCUT2D eigenvalue weighted by Gasteiger charge is -2.26. The van der Waals surface area contributed by atoms with Gasteiger partial charge in [-0.3, -0.25) is 4.79 Å². The first kappa shape index (κ1) is 65.1. The van der Waals surface area contributed by atoms with E-state index in [9.17, 15) is 20.1 Å². The third kappa shape index (κ3) is 51.0. The Morgan fingerprint density at radius 1 is 0.364 bits per heavy atom. The fourth-order valence-corrected chi connectivity index (χ4v) is 9.93. The SMILES string of the molecule is CCCCCCCCCCCCCCCCCCCC/C=C\CCCCCCCCCCCCCCCCCCCC(=O)NC(CO)C(O)C(O)CCCCCCCCCCCCCCC. The Balaban J connectivity index is 3.40. The van der Waals surface area contributed by atoms with Gasteiger partial charge < -0.3 is 20.6 Å². The number of hydrogen-bond acceptors (Lipinski definition) is 4. The molecule has 3 unspecified atom stereocenters. The molecule has 4 N–H and O–H groups in total. The molecule has 1 amide bonds. The predicted molar refractivity (Wildman–Crippen MR) is 292 cm³/mol. The molecule has 0 aromatic heterocycles. The molecule has 0 fully saturated rings. The van der Waals surface area contributed by atoms with Crippen LogP contribution in [0.2, 0.25) is 0 Å². The molecule has 0 saturated heterocycles. The molecule has 0 aromatic carbocycles. The van der Waals surface area contributed by atoms with Gasteiger partial charge >= 0.3 is 0 Å². The first-order valence-corrected chi connectivity index (χ1v) is 30.5. The number of aliphatic hydroxyl groups is 3. The van der Waals surface area contributed by atoms with E-state index >= 15 is 0 Å². The summed E-state index contributed by atoms with van der Waals surface area (Å²) in [6, 6.07) is -0.805. The zero-order valence-corrected chi connectivity index (χ0v) is 45.1. The van der Waals surface area contributed by atoms with E-state index in [0.717, 1.165) is 38.5 Å². The van der Waals surface area contributed by atoms with Crippen LogP contribution in [0, 0.1) is 0 Å². The maximum Gasteiger partial charge on any atom is 0.220 e. The molecular formula is C61H121NO4. The highest BCUT2D eigenvalue weighted by molar-refractivity contribution is 5.76. The van der Waals surface area contributed by atoms with Crippen molar-refractivity contribution in [2.45, 2.75) is 366 Å². The van der Waals surface area contributed by atoms with Crippen molar-refractivity contribution in [3.8, 4) is 0 Å². The average molecular weight is 933 g/mol. The van der Waals surface area contributed by atoms with Crippen molar-refractivity contribution < 1.29 is 20.1 Å². The van der Waals surface area contributed by atoms with E-state index in [1.54, 1.807) is 0 Å². The van der Waals surface area contributed by atoms with Crippen molar-refractivity contribution in [1.82, 2.24) is 5.32 Å². The van der Waals surface area contributed by atoms with E-state index in [-0.39, 0.29) is 12.5 Å². The molecule has 0 bridgehead atoms. The summed E-state index contributed by atoms with van der Waals surface area (Å²) in [6.07, 6.45) is 71.2. The van der Waals surface area contributed by atoms with E-state index in [1.165, 1.54) is 283 Å². The fourth-order valence-electron chi connectivity index (χ4n) is 9.93. The van der Waals surface area contributed by atoms with Gasteiger partial charge in [-0.1, -0.05) is 315 Å². The lowest BCUT2D eigenvalue weighted by molar-refractivity contribution is -0.124. The van der Waals surface area contributed by atoms with Gasteiger partial charge in [0.05, 0.1) is 18.8 Å². The lowest BCUT2D eigenvalue weighted by Crippen LogP contribution is -2.50. The Kier molecular flexibility index (Phi) is 55.9. The van der Waals surface area contributed by atoms with Crippen LogP contribution in [0.25, 0.3) is 0 Å². The van der Waals surface area contributed by atoms with Crippen molar-refractivity contribution in [1.29, 1.82) is 0 Å². The monoisotopic (exact) mass is 932 g/mol. The summed E-state index contributed by atoms with van der Waals surface area (Å²) in [5.41, 5.74) is 0. The maximum absolute atomic E-state index is 12.5. The molecule has 0 aliphatic rings. The number of carbonyl (C=O) groups is 1. The molecule has 0 aromatic rings. The van der Waals surface area contributed by atoms with Crippen LogP contribution in [0.3, 0.4) is 0 Å². The van der Waals surface area contributed by atoms with E-state index in [2.05, 4.69) is 31.3 Å². The molecule has 0 saturated carbocycles. The summed E-state index contributed by atoms with van der Waals surface area (Å²) < 4.78 is 0. The van der Waals surface area contributed by atoms with Gasteiger partial charge in [0.25, 0.3) is 0 Å². The summed E-state index contributed by atoms with van der Waals surface area (Å²) in [6.45, 7) is 4.21. The first-order chi connectivity index (χ1) is 32.6. The minimum atomic E-state index is -1.13. The number of aliphatic hydroxyl groups excluding tert-OH is 3. The van der Waals surface area contributed by atoms with E-state index in [4.69, 9.17) is 0 Å². The second-order valence-corrected chi connectivity index (χ2v) is 21.3. The number of carbonyl (C=O) groups excluding carboxylic acids is 1. The number of unbranched alkanes of at least 4 members (excludes halogenated alkanes) is 47. The molecule has 0 rings (SSSR count). The molecule has 5 heteroatoms. The van der Waals surface area contributed by atoms with Crippen LogP contribution in [-0.2, 0) is 4.79 Å². The summed E-state index contributed by atoms with van der Waals surface area (Å²) in [4.78, 5) is 12.5. The van der Waals surface area contributed by atoms with Crippen LogP contribution in [0.5, 0.6) is 0 Å². The van der Waals surface area contributed by atoms with Crippen molar-refractivity contribution >= 4 is 5.91 Å². The van der Waals surface area contributed by atoms with Crippen molar-refractivity contribution in [2.75, 3.05) is 6.61 Å². The van der Waals surface area contributed by atoms with Crippen LogP contribution < -0.4 is 5.32 Å². The average Bonchev–Trinajstić information content (AvgIpc) is 3.32. The smallest absolute Gasteiger partial charge is 0.220 e. The molecule has 394 valence electrons. The molecule has 0 heterocycles. The lowest BCUT2D eigenvalue weighted by atomic mass is 9.99. The Bertz CT molecular complexity index is 940. The molecule has 66 heavy (non-hydrogen) atoms. The van der Waals surface area contributed by atoms with Crippen LogP contribution in [0.1, 0.15) is 348 Å². The highest BCUT2D eigenvalue weighted by atomic mass is 16.3. The summed E-state index contributed by atoms with van der Waals surface area (Å²) >= 11 is 0. The number of rotatable bonds is 57. The standard InChI is InChI=1S/C61H121NO4/c1-3-5-7-9-11-13-15-17-18-19-20-21-22-23-24-25-26-27-28-29-30-31-32-33-34-35-36-37-38-39-40-41-42-44-46-48-50-52-54-56-60(65)62-58(57-63)61(66)59(64)55-53-51-49-47-45-43-16-14-12-10-8-6-4-2/h29-30,58-59,61,63-64,66H,3-28,31-57H2,1-2H3,(H,62,65)/b30-29-. The van der Waals surface area contributed by atoms with Crippen molar-refractivity contribution in [3.63, 3.8) is 0 Å². The number of allylic oxidation sites excluding steroid dienone is 2. The second-order valence-electron chi connectivity index (χ2n) is 21.3.